The first-order chi connectivity index (χ1) is 10.5. The smallest absolute Gasteiger partial charge is 0.187 e. The summed E-state index contributed by atoms with van der Waals surface area (Å²) in [5.41, 5.74) is 3.49. The van der Waals surface area contributed by atoms with Gasteiger partial charge in [0.2, 0.25) is 0 Å². The predicted octanol–water partition coefficient (Wildman–Crippen LogP) is 2.55. The Morgan fingerprint density at radius 2 is 1.91 bits per heavy atom. The number of aromatic nitrogens is 1. The molecule has 0 aliphatic rings. The molecule has 1 aromatic heterocycles. The molecule has 0 spiro atoms. The summed E-state index contributed by atoms with van der Waals surface area (Å²) in [4.78, 5) is 17.2. The average molecular weight is 300 g/mol. The van der Waals surface area contributed by atoms with Crippen molar-refractivity contribution in [3.05, 3.63) is 69.1 Å². The Kier molecular flexibility index (Phi) is 5.52. The zero-order chi connectivity index (χ0) is 16.1. The van der Waals surface area contributed by atoms with Crippen molar-refractivity contribution in [2.45, 2.75) is 32.9 Å². The molecule has 1 heterocycles. The van der Waals surface area contributed by atoms with E-state index in [9.17, 15) is 9.90 Å². The van der Waals surface area contributed by atoms with Gasteiger partial charge in [-0.15, -0.1) is 0 Å². The van der Waals surface area contributed by atoms with E-state index in [2.05, 4.69) is 9.88 Å². The van der Waals surface area contributed by atoms with Gasteiger partial charge in [0.1, 0.15) is 0 Å². The fourth-order valence-electron chi connectivity index (χ4n) is 2.50. The Morgan fingerprint density at radius 1 is 1.23 bits per heavy atom. The predicted molar refractivity (Wildman–Crippen MR) is 88.9 cm³/mol. The highest BCUT2D eigenvalue weighted by Crippen LogP contribution is 2.16. The lowest BCUT2D eigenvalue weighted by molar-refractivity contribution is 0.147. The van der Waals surface area contributed by atoms with E-state index in [1.807, 2.05) is 51.2 Å². The van der Waals surface area contributed by atoms with Crippen molar-refractivity contribution in [3.8, 4) is 0 Å². The zero-order valence-electron chi connectivity index (χ0n) is 13.5. The number of benzene rings is 1. The second kappa shape index (κ2) is 7.38. The van der Waals surface area contributed by atoms with Gasteiger partial charge in [0, 0.05) is 36.1 Å². The molecule has 2 aromatic rings. The van der Waals surface area contributed by atoms with Crippen molar-refractivity contribution in [2.24, 2.45) is 0 Å². The van der Waals surface area contributed by atoms with Crippen LogP contribution < -0.4 is 5.43 Å². The minimum Gasteiger partial charge on any atom is -0.388 e. The maximum atomic E-state index is 11.9. The van der Waals surface area contributed by atoms with Gasteiger partial charge in [0.25, 0.3) is 0 Å². The lowest BCUT2D eigenvalue weighted by atomic mass is 10.1. The van der Waals surface area contributed by atoms with Gasteiger partial charge in [0.15, 0.2) is 5.43 Å². The third kappa shape index (κ3) is 4.06. The number of aliphatic hydroxyl groups is 1. The van der Waals surface area contributed by atoms with E-state index >= 15 is 0 Å². The molecule has 0 radical (unpaired) electrons. The average Bonchev–Trinajstić information content (AvgIpc) is 2.54. The SMILES string of the molecule is Cc1c[nH]c(CN(C)CCC(O)c2ccccc2)c(C)c1=O. The van der Waals surface area contributed by atoms with Gasteiger partial charge >= 0.3 is 0 Å². The largest absolute Gasteiger partial charge is 0.388 e. The van der Waals surface area contributed by atoms with Gasteiger partial charge in [-0.3, -0.25) is 4.79 Å². The monoisotopic (exact) mass is 300 g/mol. The molecule has 4 heteroatoms. The lowest BCUT2D eigenvalue weighted by Crippen LogP contribution is -2.24. The molecule has 0 aliphatic heterocycles. The van der Waals surface area contributed by atoms with Crippen LogP contribution in [0.1, 0.15) is 34.9 Å². The summed E-state index contributed by atoms with van der Waals surface area (Å²) in [6, 6.07) is 9.68. The summed E-state index contributed by atoms with van der Waals surface area (Å²) in [7, 11) is 2.00. The highest BCUT2D eigenvalue weighted by molar-refractivity contribution is 5.23. The van der Waals surface area contributed by atoms with Crippen LogP contribution in [0.3, 0.4) is 0 Å². The maximum absolute atomic E-state index is 11.9. The molecular formula is C18H24N2O2. The maximum Gasteiger partial charge on any atom is 0.187 e. The van der Waals surface area contributed by atoms with Crippen LogP contribution in [0.2, 0.25) is 0 Å². The minimum absolute atomic E-state index is 0.103. The molecule has 0 aliphatic carbocycles. The number of H-pyrrole nitrogens is 1. The van der Waals surface area contributed by atoms with Crippen LogP contribution in [0.4, 0.5) is 0 Å². The van der Waals surface area contributed by atoms with Crippen molar-refractivity contribution < 1.29 is 5.11 Å². The molecule has 0 bridgehead atoms. The molecule has 1 atom stereocenters. The van der Waals surface area contributed by atoms with E-state index in [0.717, 1.165) is 28.9 Å². The molecule has 2 N–H and O–H groups in total. The van der Waals surface area contributed by atoms with Crippen LogP contribution in [0, 0.1) is 13.8 Å². The molecule has 1 aromatic carbocycles. The summed E-state index contributed by atoms with van der Waals surface area (Å²) >= 11 is 0. The number of nitrogens with zero attached hydrogens (tertiary/aromatic N) is 1. The summed E-state index contributed by atoms with van der Waals surface area (Å²) in [5.74, 6) is 0. The fourth-order valence-corrected chi connectivity index (χ4v) is 2.50. The van der Waals surface area contributed by atoms with Crippen molar-refractivity contribution >= 4 is 0 Å². The summed E-state index contributed by atoms with van der Waals surface area (Å²) < 4.78 is 0. The molecule has 0 saturated heterocycles. The van der Waals surface area contributed by atoms with Crippen LogP contribution in [0.15, 0.2) is 41.3 Å². The number of aryl methyl sites for hydroxylation is 1. The number of hydrogen-bond donors (Lipinski definition) is 2. The molecule has 118 valence electrons. The molecule has 1 unspecified atom stereocenters. The number of rotatable bonds is 6. The van der Waals surface area contributed by atoms with E-state index in [1.54, 1.807) is 6.20 Å². The standard InChI is InChI=1S/C18H24N2O2/c1-13-11-19-16(14(2)18(13)22)12-20(3)10-9-17(21)15-7-5-4-6-8-15/h4-8,11,17,21H,9-10,12H2,1-3H3,(H,19,22). The Balaban J connectivity index is 1.92. The Labute approximate surface area is 131 Å². The van der Waals surface area contributed by atoms with Gasteiger partial charge in [-0.05, 0) is 32.9 Å². The van der Waals surface area contributed by atoms with Crippen molar-refractivity contribution in [2.75, 3.05) is 13.6 Å². The van der Waals surface area contributed by atoms with Crippen molar-refractivity contribution in [1.29, 1.82) is 0 Å². The quantitative estimate of drug-likeness (QED) is 0.862. The van der Waals surface area contributed by atoms with Crippen LogP contribution >= 0.6 is 0 Å². The Hall–Kier alpha value is -1.91. The first kappa shape index (κ1) is 16.5. The second-order valence-corrected chi connectivity index (χ2v) is 5.86. The number of aliphatic hydroxyl groups excluding tert-OH is 1. The summed E-state index contributed by atoms with van der Waals surface area (Å²) in [5, 5.41) is 10.2. The third-order valence-electron chi connectivity index (χ3n) is 4.01. The van der Waals surface area contributed by atoms with E-state index in [-0.39, 0.29) is 5.43 Å². The number of pyridine rings is 1. The van der Waals surface area contributed by atoms with Crippen LogP contribution in [0.5, 0.6) is 0 Å². The van der Waals surface area contributed by atoms with Gasteiger partial charge in [0.05, 0.1) is 6.10 Å². The van der Waals surface area contributed by atoms with E-state index in [1.165, 1.54) is 0 Å². The fraction of sp³-hybridized carbons (Fsp3) is 0.389. The summed E-state index contributed by atoms with van der Waals surface area (Å²) in [6.07, 6.45) is 1.97. The topological polar surface area (TPSA) is 56.3 Å². The normalized spacial score (nSPS) is 12.6. The highest BCUT2D eigenvalue weighted by atomic mass is 16.3. The lowest BCUT2D eigenvalue weighted by Gasteiger charge is -2.20. The molecule has 0 amide bonds. The van der Waals surface area contributed by atoms with Gasteiger partial charge in [-0.25, -0.2) is 0 Å². The first-order valence-corrected chi connectivity index (χ1v) is 7.58. The van der Waals surface area contributed by atoms with E-state index in [4.69, 9.17) is 0 Å². The third-order valence-corrected chi connectivity index (χ3v) is 4.01. The molecular weight excluding hydrogens is 276 g/mol. The number of nitrogens with one attached hydrogen (secondary N) is 1. The van der Waals surface area contributed by atoms with E-state index in [0.29, 0.717) is 13.0 Å². The number of aromatic amines is 1. The van der Waals surface area contributed by atoms with Crippen molar-refractivity contribution in [1.82, 2.24) is 9.88 Å². The molecule has 2 rings (SSSR count). The molecule has 22 heavy (non-hydrogen) atoms. The van der Waals surface area contributed by atoms with Gasteiger partial charge in [-0.2, -0.15) is 0 Å². The van der Waals surface area contributed by atoms with E-state index < -0.39 is 6.10 Å². The van der Waals surface area contributed by atoms with Gasteiger partial charge < -0.3 is 15.0 Å². The van der Waals surface area contributed by atoms with Crippen molar-refractivity contribution in [3.63, 3.8) is 0 Å². The second-order valence-electron chi connectivity index (χ2n) is 5.86. The first-order valence-electron chi connectivity index (χ1n) is 7.58. The Bertz CT molecular complexity index is 665. The van der Waals surface area contributed by atoms with Crippen LogP contribution in [-0.4, -0.2) is 28.6 Å². The van der Waals surface area contributed by atoms with Crippen LogP contribution in [0.25, 0.3) is 0 Å². The highest BCUT2D eigenvalue weighted by Gasteiger charge is 2.11. The summed E-state index contributed by atoms with van der Waals surface area (Å²) in [6.45, 7) is 5.09. The molecule has 0 fully saturated rings. The number of hydrogen-bond acceptors (Lipinski definition) is 3. The zero-order valence-corrected chi connectivity index (χ0v) is 13.5. The molecule has 4 nitrogen and oxygen atoms in total. The minimum atomic E-state index is -0.457. The van der Waals surface area contributed by atoms with Crippen LogP contribution in [-0.2, 0) is 6.54 Å². The Morgan fingerprint density at radius 3 is 2.59 bits per heavy atom. The van der Waals surface area contributed by atoms with Gasteiger partial charge in [-0.1, -0.05) is 30.3 Å². The molecule has 0 saturated carbocycles.